The second-order valence-electron chi connectivity index (χ2n) is 3.31. The first-order valence-electron chi connectivity index (χ1n) is 5.35. The minimum atomic E-state index is 0.146. The van der Waals surface area contributed by atoms with Crippen LogP contribution in [0.3, 0.4) is 0 Å². The number of ether oxygens (including phenoxy) is 1. The molecule has 0 amide bonds. The van der Waals surface area contributed by atoms with Crippen molar-refractivity contribution >= 4 is 15.9 Å². The standard InChI is InChI=1S/C12H18BrNO/c1-3-14-9-12(15-4-2)10-6-5-7-11(13)8-10/h5-8,12,14H,3-4,9H2,1-2H3. The monoisotopic (exact) mass is 271 g/mol. The molecule has 2 nitrogen and oxygen atoms in total. The fraction of sp³-hybridized carbons (Fsp3) is 0.500. The Hall–Kier alpha value is -0.380. The summed E-state index contributed by atoms with van der Waals surface area (Å²) in [5.74, 6) is 0. The number of hydrogen-bond acceptors (Lipinski definition) is 2. The van der Waals surface area contributed by atoms with E-state index in [0.717, 1.165) is 24.2 Å². The number of rotatable bonds is 6. The van der Waals surface area contributed by atoms with Crippen LogP contribution in [-0.4, -0.2) is 19.7 Å². The molecule has 1 rings (SSSR count). The first-order valence-corrected chi connectivity index (χ1v) is 6.15. The van der Waals surface area contributed by atoms with Crippen molar-refractivity contribution < 1.29 is 4.74 Å². The lowest BCUT2D eigenvalue weighted by Crippen LogP contribution is -2.23. The molecular formula is C12H18BrNO. The van der Waals surface area contributed by atoms with Crippen molar-refractivity contribution in [1.29, 1.82) is 0 Å². The van der Waals surface area contributed by atoms with E-state index in [9.17, 15) is 0 Å². The average Bonchev–Trinajstić information content (AvgIpc) is 2.24. The van der Waals surface area contributed by atoms with Crippen molar-refractivity contribution in [2.75, 3.05) is 19.7 Å². The molecule has 0 saturated carbocycles. The van der Waals surface area contributed by atoms with Gasteiger partial charge in [0.2, 0.25) is 0 Å². The summed E-state index contributed by atoms with van der Waals surface area (Å²) in [6.45, 7) is 6.70. The average molecular weight is 272 g/mol. The molecule has 1 aromatic rings. The molecule has 0 spiro atoms. The fourth-order valence-corrected chi connectivity index (χ4v) is 1.87. The third-order valence-corrected chi connectivity index (χ3v) is 2.66. The normalized spacial score (nSPS) is 12.7. The van der Waals surface area contributed by atoms with Crippen molar-refractivity contribution in [3.63, 3.8) is 0 Å². The van der Waals surface area contributed by atoms with Gasteiger partial charge in [0.15, 0.2) is 0 Å². The Bertz CT molecular complexity index is 291. The van der Waals surface area contributed by atoms with Crippen LogP contribution in [0.1, 0.15) is 25.5 Å². The molecule has 0 fully saturated rings. The fourth-order valence-electron chi connectivity index (χ4n) is 1.46. The van der Waals surface area contributed by atoms with E-state index < -0.39 is 0 Å². The van der Waals surface area contributed by atoms with Crippen LogP contribution in [0.5, 0.6) is 0 Å². The van der Waals surface area contributed by atoms with Crippen molar-refractivity contribution in [2.45, 2.75) is 20.0 Å². The van der Waals surface area contributed by atoms with Gasteiger partial charge in [0.1, 0.15) is 0 Å². The van der Waals surface area contributed by atoms with Gasteiger partial charge in [-0.15, -0.1) is 0 Å². The van der Waals surface area contributed by atoms with E-state index in [0.29, 0.717) is 0 Å². The number of halogens is 1. The highest BCUT2D eigenvalue weighted by Gasteiger charge is 2.10. The van der Waals surface area contributed by atoms with Crippen LogP contribution in [0.25, 0.3) is 0 Å². The number of nitrogens with one attached hydrogen (secondary N) is 1. The summed E-state index contributed by atoms with van der Waals surface area (Å²) in [7, 11) is 0. The molecule has 0 aliphatic heterocycles. The molecule has 3 heteroatoms. The summed E-state index contributed by atoms with van der Waals surface area (Å²) < 4.78 is 6.80. The highest BCUT2D eigenvalue weighted by Crippen LogP contribution is 2.20. The van der Waals surface area contributed by atoms with Gasteiger partial charge in [0.25, 0.3) is 0 Å². The first kappa shape index (κ1) is 12.7. The Morgan fingerprint density at radius 2 is 2.20 bits per heavy atom. The molecule has 0 radical (unpaired) electrons. The van der Waals surface area contributed by atoms with E-state index in [1.807, 2.05) is 19.1 Å². The van der Waals surface area contributed by atoms with Crippen molar-refractivity contribution in [3.05, 3.63) is 34.3 Å². The zero-order valence-electron chi connectivity index (χ0n) is 9.29. The number of benzene rings is 1. The Labute approximate surface area is 100 Å². The van der Waals surface area contributed by atoms with Crippen LogP contribution < -0.4 is 5.32 Å². The van der Waals surface area contributed by atoms with Crippen LogP contribution in [0.4, 0.5) is 0 Å². The van der Waals surface area contributed by atoms with Gasteiger partial charge in [-0.1, -0.05) is 35.0 Å². The Kier molecular flexibility index (Phi) is 5.91. The maximum Gasteiger partial charge on any atom is 0.0949 e. The zero-order valence-corrected chi connectivity index (χ0v) is 10.9. The molecular weight excluding hydrogens is 254 g/mol. The van der Waals surface area contributed by atoms with Crippen LogP contribution in [0.15, 0.2) is 28.7 Å². The maximum absolute atomic E-state index is 5.70. The van der Waals surface area contributed by atoms with Gasteiger partial charge in [-0.05, 0) is 31.2 Å². The molecule has 0 aromatic heterocycles. The molecule has 15 heavy (non-hydrogen) atoms. The highest BCUT2D eigenvalue weighted by atomic mass is 79.9. The Balaban J connectivity index is 2.69. The van der Waals surface area contributed by atoms with Gasteiger partial charge in [0, 0.05) is 17.6 Å². The third-order valence-electron chi connectivity index (χ3n) is 2.17. The molecule has 1 aromatic carbocycles. The molecule has 0 saturated heterocycles. The van der Waals surface area contributed by atoms with E-state index in [1.165, 1.54) is 5.56 Å². The van der Waals surface area contributed by atoms with E-state index in [2.05, 4.69) is 40.3 Å². The lowest BCUT2D eigenvalue weighted by Gasteiger charge is -2.17. The summed E-state index contributed by atoms with van der Waals surface area (Å²) in [5.41, 5.74) is 1.21. The minimum Gasteiger partial charge on any atom is -0.372 e. The van der Waals surface area contributed by atoms with Gasteiger partial charge in [0.05, 0.1) is 6.10 Å². The van der Waals surface area contributed by atoms with Crippen molar-refractivity contribution in [3.8, 4) is 0 Å². The first-order chi connectivity index (χ1) is 7.27. The second kappa shape index (κ2) is 6.99. The van der Waals surface area contributed by atoms with Crippen LogP contribution in [0.2, 0.25) is 0 Å². The SMILES string of the molecule is CCNCC(OCC)c1cccc(Br)c1. The molecule has 1 N–H and O–H groups in total. The van der Waals surface area contributed by atoms with E-state index in [4.69, 9.17) is 4.74 Å². The number of likely N-dealkylation sites (N-methyl/N-ethyl adjacent to an activating group) is 1. The lowest BCUT2D eigenvalue weighted by atomic mass is 10.1. The Morgan fingerprint density at radius 1 is 1.40 bits per heavy atom. The molecule has 1 unspecified atom stereocenters. The predicted octanol–water partition coefficient (Wildman–Crippen LogP) is 3.14. The summed E-state index contributed by atoms with van der Waals surface area (Å²) >= 11 is 3.47. The molecule has 0 aliphatic rings. The molecule has 1 atom stereocenters. The zero-order chi connectivity index (χ0) is 11.1. The topological polar surface area (TPSA) is 21.3 Å². The predicted molar refractivity (Wildman–Crippen MR) is 67.1 cm³/mol. The summed E-state index contributed by atoms with van der Waals surface area (Å²) in [5, 5.41) is 3.31. The van der Waals surface area contributed by atoms with Gasteiger partial charge in [-0.25, -0.2) is 0 Å². The maximum atomic E-state index is 5.70. The van der Waals surface area contributed by atoms with E-state index in [1.54, 1.807) is 0 Å². The van der Waals surface area contributed by atoms with E-state index >= 15 is 0 Å². The minimum absolute atomic E-state index is 0.146. The third kappa shape index (κ3) is 4.33. The Morgan fingerprint density at radius 3 is 2.80 bits per heavy atom. The summed E-state index contributed by atoms with van der Waals surface area (Å²) in [4.78, 5) is 0. The smallest absolute Gasteiger partial charge is 0.0949 e. The highest BCUT2D eigenvalue weighted by molar-refractivity contribution is 9.10. The lowest BCUT2D eigenvalue weighted by molar-refractivity contribution is 0.0627. The van der Waals surface area contributed by atoms with Crippen LogP contribution >= 0.6 is 15.9 Å². The molecule has 0 heterocycles. The van der Waals surface area contributed by atoms with Gasteiger partial charge < -0.3 is 10.1 Å². The molecule has 0 aliphatic carbocycles. The summed E-state index contributed by atoms with van der Waals surface area (Å²) in [6.07, 6.45) is 0.146. The largest absolute Gasteiger partial charge is 0.372 e. The van der Waals surface area contributed by atoms with Gasteiger partial charge in [-0.2, -0.15) is 0 Å². The van der Waals surface area contributed by atoms with E-state index in [-0.39, 0.29) is 6.10 Å². The number of hydrogen-bond donors (Lipinski definition) is 1. The van der Waals surface area contributed by atoms with Crippen LogP contribution in [0, 0.1) is 0 Å². The molecule has 0 bridgehead atoms. The summed E-state index contributed by atoms with van der Waals surface area (Å²) in [6, 6.07) is 8.28. The van der Waals surface area contributed by atoms with Gasteiger partial charge in [-0.3, -0.25) is 0 Å². The quantitative estimate of drug-likeness (QED) is 0.859. The second-order valence-corrected chi connectivity index (χ2v) is 4.22. The van der Waals surface area contributed by atoms with Crippen LogP contribution in [-0.2, 0) is 4.74 Å². The van der Waals surface area contributed by atoms with Gasteiger partial charge >= 0.3 is 0 Å². The van der Waals surface area contributed by atoms with Crippen molar-refractivity contribution in [2.24, 2.45) is 0 Å². The van der Waals surface area contributed by atoms with Crippen molar-refractivity contribution in [1.82, 2.24) is 5.32 Å². The molecule has 84 valence electrons.